The summed E-state index contributed by atoms with van der Waals surface area (Å²) >= 11 is 7.33. The van der Waals surface area contributed by atoms with Gasteiger partial charge in [-0.3, -0.25) is 0 Å². The Kier molecular flexibility index (Phi) is 2.99. The fourth-order valence-corrected chi connectivity index (χ4v) is 3.22. The Bertz CT molecular complexity index is 171. The van der Waals surface area contributed by atoms with Gasteiger partial charge in [0.25, 0.3) is 0 Å². The molecule has 0 radical (unpaired) electrons. The number of rotatable bonds is 2. The van der Waals surface area contributed by atoms with Gasteiger partial charge in [-0.25, -0.2) is 0 Å². The minimum Gasteiger partial charge on any atom is -0.183 e. The lowest BCUT2D eigenvalue weighted by atomic mass is 11.3. The molecule has 1 aliphatic heterocycles. The summed E-state index contributed by atoms with van der Waals surface area (Å²) in [7, 11) is -4.47. The van der Waals surface area contributed by atoms with Crippen LogP contribution in [-0.4, -0.2) is 3.72 Å². The van der Waals surface area contributed by atoms with Crippen LogP contribution in [0.5, 0.6) is 0 Å². The third kappa shape index (κ3) is 3.39. The monoisotopic (exact) mass is 236 g/mol. The quantitative estimate of drug-likeness (QED) is 0.555. The molecule has 64 valence electrons. The first kappa shape index (κ1) is 9.94. The predicted molar refractivity (Wildman–Crippen MR) is 34.0 cm³/mol. The van der Waals surface area contributed by atoms with E-state index in [1.807, 2.05) is 0 Å². The molecule has 0 unspecified atom stereocenters. The summed E-state index contributed by atoms with van der Waals surface area (Å²) in [5, 5.41) is 3.08. The minimum atomic E-state index is -4.47. The Morgan fingerprint density at radius 1 is 1.27 bits per heavy atom. The third-order valence-electron chi connectivity index (χ3n) is 0.660. The van der Waals surface area contributed by atoms with Crippen molar-refractivity contribution in [2.45, 2.75) is 3.72 Å². The van der Waals surface area contributed by atoms with Crippen LogP contribution in [-0.2, 0) is 4.29 Å². The first-order chi connectivity index (χ1) is 4.91. The van der Waals surface area contributed by atoms with E-state index in [1.54, 1.807) is 10.8 Å². The fourth-order valence-electron chi connectivity index (χ4n) is 0.395. The highest BCUT2D eigenvalue weighted by Gasteiger charge is 2.47. The topological polar surface area (TPSA) is 78.4 Å². The zero-order valence-electron chi connectivity index (χ0n) is 4.86. The lowest BCUT2D eigenvalue weighted by Gasteiger charge is -2.18. The van der Waals surface area contributed by atoms with Crippen LogP contribution in [0.25, 0.3) is 0 Å². The SMILES string of the molecule is [O-][Cl+3]([O-])([O-])OC1(Cl)SC=CS1. The number of hydrogen-bond donors (Lipinski definition) is 0. The molecular weight excluding hydrogens is 235 g/mol. The molecule has 0 saturated heterocycles. The third-order valence-corrected chi connectivity index (χ3v) is 3.98. The van der Waals surface area contributed by atoms with Gasteiger partial charge >= 0.3 is 3.72 Å². The number of hydrogen-bond acceptors (Lipinski definition) is 6. The van der Waals surface area contributed by atoms with E-state index in [9.17, 15) is 14.0 Å². The molecule has 1 rings (SSSR count). The van der Waals surface area contributed by atoms with Crippen molar-refractivity contribution in [1.82, 2.24) is 0 Å². The molecule has 8 heteroatoms. The molecular formula is C3H2Cl2O4S2. The second kappa shape index (κ2) is 3.31. The van der Waals surface area contributed by atoms with Gasteiger partial charge in [0.1, 0.15) is 4.29 Å². The minimum absolute atomic E-state index is 0.911. The maximum atomic E-state index is 10.0. The zero-order valence-corrected chi connectivity index (χ0v) is 8.00. The molecule has 0 amide bonds. The van der Waals surface area contributed by atoms with Gasteiger partial charge < -0.3 is 0 Å². The molecule has 1 heterocycles. The summed E-state index contributed by atoms with van der Waals surface area (Å²) in [6.45, 7) is 0. The summed E-state index contributed by atoms with van der Waals surface area (Å²) in [6.07, 6.45) is 0. The van der Waals surface area contributed by atoms with Gasteiger partial charge in [0, 0.05) is 0 Å². The molecule has 0 aliphatic carbocycles. The van der Waals surface area contributed by atoms with Gasteiger partial charge in [-0.05, 0) is 22.4 Å². The van der Waals surface area contributed by atoms with E-state index in [-0.39, 0.29) is 0 Å². The molecule has 0 saturated carbocycles. The largest absolute Gasteiger partial charge is 0.397 e. The van der Waals surface area contributed by atoms with Gasteiger partial charge in [-0.15, -0.1) is 0 Å². The zero-order chi connectivity index (χ0) is 8.54. The number of alkyl halides is 1. The van der Waals surface area contributed by atoms with Crippen LogP contribution in [0.3, 0.4) is 0 Å². The van der Waals surface area contributed by atoms with E-state index >= 15 is 0 Å². The first-order valence-electron chi connectivity index (χ1n) is 2.22. The molecule has 0 spiro atoms. The van der Waals surface area contributed by atoms with E-state index in [2.05, 4.69) is 4.29 Å². The van der Waals surface area contributed by atoms with Crippen molar-refractivity contribution in [3.8, 4) is 0 Å². The van der Waals surface area contributed by atoms with Crippen LogP contribution in [0, 0.1) is 10.2 Å². The van der Waals surface area contributed by atoms with E-state index in [1.165, 1.54) is 0 Å². The summed E-state index contributed by atoms with van der Waals surface area (Å²) in [4.78, 5) is 0. The molecule has 0 aromatic heterocycles. The predicted octanol–water partition coefficient (Wildman–Crippen LogP) is -1.30. The second-order valence-corrected chi connectivity index (χ2v) is 5.76. The lowest BCUT2D eigenvalue weighted by molar-refractivity contribution is -1.92. The first-order valence-corrected chi connectivity index (χ1v) is 5.60. The van der Waals surface area contributed by atoms with Gasteiger partial charge in [0.15, 0.2) is 0 Å². The van der Waals surface area contributed by atoms with E-state index in [4.69, 9.17) is 11.6 Å². The summed E-state index contributed by atoms with van der Waals surface area (Å²) in [5.41, 5.74) is 0. The molecule has 0 fully saturated rings. The van der Waals surface area contributed by atoms with Crippen LogP contribution < -0.4 is 14.0 Å². The molecule has 4 nitrogen and oxygen atoms in total. The summed E-state index contributed by atoms with van der Waals surface area (Å²) in [5.74, 6) is 0. The van der Waals surface area contributed by atoms with Crippen molar-refractivity contribution in [2.75, 3.05) is 0 Å². The van der Waals surface area contributed by atoms with Crippen LogP contribution in [0.2, 0.25) is 0 Å². The smallest absolute Gasteiger partial charge is 0.183 e. The Hall–Kier alpha value is 0.860. The van der Waals surface area contributed by atoms with Crippen LogP contribution in [0.4, 0.5) is 0 Å². The maximum Gasteiger partial charge on any atom is 0.397 e. The van der Waals surface area contributed by atoms with Crippen molar-refractivity contribution < 1.29 is 28.5 Å². The van der Waals surface area contributed by atoms with Crippen molar-refractivity contribution in [2.24, 2.45) is 0 Å². The highest BCUT2D eigenvalue weighted by Crippen LogP contribution is 2.49. The Morgan fingerprint density at radius 3 is 2.09 bits per heavy atom. The average Bonchev–Trinajstić information content (AvgIpc) is 2.09. The maximum absolute atomic E-state index is 10.0. The molecule has 0 N–H and O–H groups in total. The van der Waals surface area contributed by atoms with E-state index in [0.717, 1.165) is 23.5 Å². The average molecular weight is 237 g/mol. The standard InChI is InChI=1S/C3H2Cl2O4S2/c4-3(9-5(6,7)8)10-1-2-11-3/h1-2H. The van der Waals surface area contributed by atoms with Gasteiger partial charge in [-0.2, -0.15) is 14.0 Å². The Morgan fingerprint density at radius 2 is 1.73 bits per heavy atom. The molecule has 0 aromatic rings. The molecule has 1 aliphatic rings. The van der Waals surface area contributed by atoms with Crippen molar-refractivity contribution in [3.63, 3.8) is 0 Å². The van der Waals surface area contributed by atoms with Crippen molar-refractivity contribution in [1.29, 1.82) is 0 Å². The lowest BCUT2D eigenvalue weighted by Crippen LogP contribution is -2.62. The van der Waals surface area contributed by atoms with Crippen LogP contribution in [0.1, 0.15) is 0 Å². The van der Waals surface area contributed by atoms with Gasteiger partial charge in [0.05, 0.1) is 10.2 Å². The summed E-state index contributed by atoms with van der Waals surface area (Å²) in [6, 6.07) is 0. The Balaban J connectivity index is 2.48. The van der Waals surface area contributed by atoms with E-state index < -0.39 is 14.0 Å². The van der Waals surface area contributed by atoms with Gasteiger partial charge in [0.2, 0.25) is 0 Å². The summed E-state index contributed by atoms with van der Waals surface area (Å²) < 4.78 is 32.6. The van der Waals surface area contributed by atoms with Crippen molar-refractivity contribution in [3.05, 3.63) is 10.8 Å². The molecule has 0 atom stereocenters. The molecule has 0 aromatic carbocycles. The highest BCUT2D eigenvalue weighted by molar-refractivity contribution is 8.25. The molecule has 11 heavy (non-hydrogen) atoms. The number of thioether (sulfide) groups is 2. The Labute approximate surface area is 78.3 Å². The van der Waals surface area contributed by atoms with E-state index in [0.29, 0.717) is 0 Å². The number of halogens is 2. The highest BCUT2D eigenvalue weighted by atomic mass is 35.7. The second-order valence-electron chi connectivity index (χ2n) is 1.44. The normalized spacial score (nSPS) is 22.5. The van der Waals surface area contributed by atoms with Crippen LogP contribution in [0.15, 0.2) is 10.8 Å². The fraction of sp³-hybridized carbons (Fsp3) is 0.333. The van der Waals surface area contributed by atoms with Crippen LogP contribution >= 0.6 is 35.1 Å². The van der Waals surface area contributed by atoms with Gasteiger partial charge in [-0.1, -0.05) is 23.5 Å². The molecule has 0 bridgehead atoms. The van der Waals surface area contributed by atoms with Crippen molar-refractivity contribution >= 4 is 35.1 Å².